The molecule has 4 rings (SSSR count). The van der Waals surface area contributed by atoms with Crippen molar-refractivity contribution >= 4 is 45.9 Å². The van der Waals surface area contributed by atoms with Gasteiger partial charge in [0.2, 0.25) is 5.91 Å². The third-order valence-electron chi connectivity index (χ3n) is 5.11. The fraction of sp³-hybridized carbons (Fsp3) is 0.238. The van der Waals surface area contributed by atoms with E-state index in [0.717, 1.165) is 22.9 Å². The van der Waals surface area contributed by atoms with Crippen molar-refractivity contribution < 1.29 is 9.59 Å². The Labute approximate surface area is 172 Å². The Balaban J connectivity index is 1.49. The molecule has 1 aliphatic heterocycles. The number of H-pyrrole nitrogens is 1. The van der Waals surface area contributed by atoms with Gasteiger partial charge < -0.3 is 15.2 Å². The van der Waals surface area contributed by atoms with Crippen molar-refractivity contribution in [3.8, 4) is 0 Å². The van der Waals surface area contributed by atoms with Gasteiger partial charge in [-0.2, -0.15) is 0 Å². The molecule has 144 valence electrons. The van der Waals surface area contributed by atoms with Gasteiger partial charge in [-0.25, -0.2) is 0 Å². The van der Waals surface area contributed by atoms with E-state index in [9.17, 15) is 9.59 Å². The molecule has 0 bridgehead atoms. The van der Waals surface area contributed by atoms with Gasteiger partial charge >= 0.3 is 0 Å². The quantitative estimate of drug-likeness (QED) is 0.673. The minimum Gasteiger partial charge on any atom is -0.358 e. The van der Waals surface area contributed by atoms with E-state index in [1.165, 1.54) is 5.69 Å². The highest BCUT2D eigenvalue weighted by molar-refractivity contribution is 6.43. The van der Waals surface area contributed by atoms with Crippen LogP contribution >= 0.6 is 23.2 Å². The van der Waals surface area contributed by atoms with Crippen LogP contribution in [0.25, 0.3) is 10.9 Å². The van der Waals surface area contributed by atoms with Crippen molar-refractivity contribution in [1.82, 2.24) is 15.2 Å². The van der Waals surface area contributed by atoms with Crippen LogP contribution in [0.4, 0.5) is 0 Å². The van der Waals surface area contributed by atoms with E-state index in [4.69, 9.17) is 23.2 Å². The number of rotatable bonds is 3. The summed E-state index contributed by atoms with van der Waals surface area (Å²) in [6.07, 6.45) is 0.760. The number of fused-ring (bicyclic) bond motifs is 3. The first-order valence-corrected chi connectivity index (χ1v) is 9.83. The minimum atomic E-state index is -0.672. The zero-order chi connectivity index (χ0) is 19.8. The Morgan fingerprint density at radius 3 is 2.75 bits per heavy atom. The van der Waals surface area contributed by atoms with Crippen molar-refractivity contribution in [2.75, 3.05) is 6.54 Å². The van der Waals surface area contributed by atoms with E-state index in [0.29, 0.717) is 18.1 Å². The van der Waals surface area contributed by atoms with Crippen LogP contribution in [0.2, 0.25) is 10.0 Å². The second-order valence-electron chi connectivity index (χ2n) is 6.93. The van der Waals surface area contributed by atoms with Crippen LogP contribution in [-0.2, 0) is 17.8 Å². The average molecular weight is 416 g/mol. The summed E-state index contributed by atoms with van der Waals surface area (Å²) in [5.74, 6) is -0.541. The first kappa shape index (κ1) is 18.8. The predicted octanol–water partition coefficient (Wildman–Crippen LogP) is 4.18. The molecule has 5 nitrogen and oxygen atoms in total. The molecule has 0 spiro atoms. The number of aromatic nitrogens is 1. The number of aromatic amines is 1. The molecule has 0 fully saturated rings. The fourth-order valence-electron chi connectivity index (χ4n) is 3.64. The monoisotopic (exact) mass is 415 g/mol. The number of para-hydroxylation sites is 1. The third kappa shape index (κ3) is 3.36. The van der Waals surface area contributed by atoms with Crippen molar-refractivity contribution in [2.45, 2.75) is 25.9 Å². The summed E-state index contributed by atoms with van der Waals surface area (Å²) >= 11 is 12.1. The van der Waals surface area contributed by atoms with Gasteiger partial charge in [-0.15, -0.1) is 0 Å². The Kier molecular flexibility index (Phi) is 5.04. The lowest BCUT2D eigenvalue weighted by Crippen LogP contribution is -2.48. The van der Waals surface area contributed by atoms with E-state index in [-0.39, 0.29) is 16.5 Å². The van der Waals surface area contributed by atoms with Crippen molar-refractivity contribution in [2.24, 2.45) is 0 Å². The van der Waals surface area contributed by atoms with Crippen LogP contribution in [0.5, 0.6) is 0 Å². The Hall–Kier alpha value is -2.50. The van der Waals surface area contributed by atoms with Gasteiger partial charge in [0.05, 0.1) is 15.6 Å². The standard InChI is InChI=1S/C21H19Cl2N3O2/c1-12(24-20(27)14-6-4-7-16(22)19(14)23)21(28)26-10-9-18-15(11-26)13-5-2-3-8-17(13)25-18/h2-8,12,25H,9-11H2,1H3,(H,24,27). The molecule has 0 saturated carbocycles. The van der Waals surface area contributed by atoms with Gasteiger partial charge in [0, 0.05) is 41.7 Å². The van der Waals surface area contributed by atoms with E-state index < -0.39 is 11.9 Å². The van der Waals surface area contributed by atoms with Crippen molar-refractivity contribution in [1.29, 1.82) is 0 Å². The number of nitrogens with one attached hydrogen (secondary N) is 2. The maximum atomic E-state index is 12.9. The average Bonchev–Trinajstić information content (AvgIpc) is 3.07. The molecule has 2 N–H and O–H groups in total. The van der Waals surface area contributed by atoms with Crippen LogP contribution in [-0.4, -0.2) is 34.3 Å². The number of amides is 2. The van der Waals surface area contributed by atoms with Crippen LogP contribution in [0.15, 0.2) is 42.5 Å². The molecule has 3 aromatic rings. The lowest BCUT2D eigenvalue weighted by molar-refractivity contribution is -0.133. The topological polar surface area (TPSA) is 65.2 Å². The van der Waals surface area contributed by atoms with Crippen molar-refractivity contribution in [3.63, 3.8) is 0 Å². The van der Waals surface area contributed by atoms with Gasteiger partial charge in [0.25, 0.3) is 5.91 Å². The SMILES string of the molecule is CC(NC(=O)c1cccc(Cl)c1Cl)C(=O)N1CCc2[nH]c3ccccc3c2C1. The highest BCUT2D eigenvalue weighted by atomic mass is 35.5. The molecule has 1 atom stereocenters. The maximum Gasteiger partial charge on any atom is 0.253 e. The second kappa shape index (κ2) is 7.49. The van der Waals surface area contributed by atoms with Crippen LogP contribution < -0.4 is 5.32 Å². The molecule has 2 amide bonds. The molecule has 1 aliphatic rings. The lowest BCUT2D eigenvalue weighted by atomic mass is 10.0. The third-order valence-corrected chi connectivity index (χ3v) is 5.93. The summed E-state index contributed by atoms with van der Waals surface area (Å²) in [5, 5.41) is 4.36. The number of halogens is 2. The largest absolute Gasteiger partial charge is 0.358 e. The zero-order valence-electron chi connectivity index (χ0n) is 15.3. The number of benzene rings is 2. The molecular weight excluding hydrogens is 397 g/mol. The maximum absolute atomic E-state index is 12.9. The summed E-state index contributed by atoms with van der Waals surface area (Å²) in [6.45, 7) is 2.82. The van der Waals surface area contributed by atoms with Gasteiger partial charge in [-0.05, 0) is 25.1 Å². The van der Waals surface area contributed by atoms with Crippen molar-refractivity contribution in [3.05, 3.63) is 69.3 Å². The summed E-state index contributed by atoms with van der Waals surface area (Å²) in [4.78, 5) is 30.7. The van der Waals surface area contributed by atoms with Gasteiger partial charge in [-0.1, -0.05) is 47.5 Å². The van der Waals surface area contributed by atoms with Gasteiger partial charge in [0.1, 0.15) is 6.04 Å². The summed E-state index contributed by atoms with van der Waals surface area (Å²) < 4.78 is 0. The molecule has 1 unspecified atom stereocenters. The molecule has 2 aromatic carbocycles. The van der Waals surface area contributed by atoms with Crippen LogP contribution in [0, 0.1) is 0 Å². The summed E-state index contributed by atoms with van der Waals surface area (Å²) in [5.41, 5.74) is 3.66. The number of carbonyl (C=O) groups is 2. The minimum absolute atomic E-state index is 0.123. The number of nitrogens with zero attached hydrogens (tertiary/aromatic N) is 1. The first-order chi connectivity index (χ1) is 13.5. The number of carbonyl (C=O) groups excluding carboxylic acids is 2. The van der Waals surface area contributed by atoms with Crippen LogP contribution in [0.3, 0.4) is 0 Å². The number of hydrogen-bond acceptors (Lipinski definition) is 2. The lowest BCUT2D eigenvalue weighted by Gasteiger charge is -2.30. The van der Waals surface area contributed by atoms with Gasteiger partial charge in [-0.3, -0.25) is 9.59 Å². The molecule has 0 saturated heterocycles. The van der Waals surface area contributed by atoms with Gasteiger partial charge in [0.15, 0.2) is 0 Å². The normalized spacial score (nSPS) is 14.6. The number of hydrogen-bond donors (Lipinski definition) is 2. The zero-order valence-corrected chi connectivity index (χ0v) is 16.8. The predicted molar refractivity (Wildman–Crippen MR) is 111 cm³/mol. The molecule has 0 radical (unpaired) electrons. The molecule has 2 heterocycles. The smallest absolute Gasteiger partial charge is 0.253 e. The Morgan fingerprint density at radius 1 is 1.14 bits per heavy atom. The van der Waals surface area contributed by atoms with E-state index in [2.05, 4.69) is 16.4 Å². The molecule has 1 aromatic heterocycles. The molecule has 0 aliphatic carbocycles. The van der Waals surface area contributed by atoms with E-state index >= 15 is 0 Å². The highest BCUT2D eigenvalue weighted by Crippen LogP contribution is 2.28. The first-order valence-electron chi connectivity index (χ1n) is 9.08. The molecular formula is C21H19Cl2N3O2. The fourth-order valence-corrected chi connectivity index (χ4v) is 4.03. The highest BCUT2D eigenvalue weighted by Gasteiger charge is 2.28. The summed E-state index contributed by atoms with van der Waals surface area (Å²) in [6, 6.07) is 12.3. The van der Waals surface area contributed by atoms with E-state index in [1.807, 2.05) is 18.2 Å². The molecule has 28 heavy (non-hydrogen) atoms. The molecule has 7 heteroatoms. The van der Waals surface area contributed by atoms with Crippen LogP contribution in [0.1, 0.15) is 28.5 Å². The Morgan fingerprint density at radius 2 is 1.93 bits per heavy atom. The Bertz CT molecular complexity index is 1080. The second-order valence-corrected chi connectivity index (χ2v) is 7.72. The summed E-state index contributed by atoms with van der Waals surface area (Å²) in [7, 11) is 0. The van der Waals surface area contributed by atoms with E-state index in [1.54, 1.807) is 30.0 Å².